The maximum atomic E-state index is 10.5. The lowest BCUT2D eigenvalue weighted by atomic mass is 10.4. The van der Waals surface area contributed by atoms with Crippen LogP contribution in [0.25, 0.3) is 0 Å². The maximum Gasteiger partial charge on any atom is 0.324 e. The first-order valence-electron chi connectivity index (χ1n) is 4.56. The van der Waals surface area contributed by atoms with E-state index < -0.39 is 0 Å². The first-order valence-corrected chi connectivity index (χ1v) is 6.32. The molecule has 2 aromatic rings. The molecule has 0 radical (unpaired) electrons. The molecule has 5 nitrogen and oxygen atoms in total. The predicted molar refractivity (Wildman–Crippen MR) is 63.6 cm³/mol. The van der Waals surface area contributed by atoms with E-state index in [0.29, 0.717) is 13.1 Å². The molecule has 2 aromatic heterocycles. The van der Waals surface area contributed by atoms with Crippen LogP contribution >= 0.6 is 22.7 Å². The van der Waals surface area contributed by atoms with Crippen molar-refractivity contribution >= 4 is 27.7 Å². The van der Waals surface area contributed by atoms with Crippen molar-refractivity contribution in [2.75, 3.05) is 0 Å². The van der Waals surface area contributed by atoms with Gasteiger partial charge in [0, 0.05) is 29.4 Å². The Labute approximate surface area is 99.9 Å². The van der Waals surface area contributed by atoms with Gasteiger partial charge in [-0.1, -0.05) is 11.3 Å². The Morgan fingerprint density at radius 3 is 2.94 bits per heavy atom. The molecule has 7 heteroatoms. The third kappa shape index (κ3) is 2.84. The van der Waals surface area contributed by atoms with E-state index in [9.17, 15) is 10.1 Å². The van der Waals surface area contributed by atoms with E-state index in [2.05, 4.69) is 10.3 Å². The van der Waals surface area contributed by atoms with Gasteiger partial charge in [-0.05, 0) is 6.07 Å². The summed E-state index contributed by atoms with van der Waals surface area (Å²) in [4.78, 5) is 15.2. The molecule has 0 aliphatic heterocycles. The van der Waals surface area contributed by atoms with E-state index in [-0.39, 0.29) is 9.92 Å². The Balaban J connectivity index is 1.83. The maximum absolute atomic E-state index is 10.5. The van der Waals surface area contributed by atoms with Crippen molar-refractivity contribution in [1.82, 2.24) is 10.3 Å². The third-order valence-electron chi connectivity index (χ3n) is 1.92. The van der Waals surface area contributed by atoms with Gasteiger partial charge in [0.05, 0.1) is 16.1 Å². The van der Waals surface area contributed by atoms with Crippen molar-refractivity contribution in [2.45, 2.75) is 13.1 Å². The molecule has 0 aromatic carbocycles. The molecule has 0 atom stereocenters. The molecular weight excluding hydrogens is 246 g/mol. The quantitative estimate of drug-likeness (QED) is 0.658. The minimum absolute atomic E-state index is 0.186. The molecule has 1 N–H and O–H groups in total. The van der Waals surface area contributed by atoms with Crippen LogP contribution in [-0.2, 0) is 13.1 Å². The largest absolute Gasteiger partial charge is 0.324 e. The average Bonchev–Trinajstić information content (AvgIpc) is 2.87. The van der Waals surface area contributed by atoms with Gasteiger partial charge >= 0.3 is 5.00 Å². The molecule has 0 amide bonds. The van der Waals surface area contributed by atoms with Crippen LogP contribution in [0.3, 0.4) is 0 Å². The number of nitrogens with zero attached hydrogens (tertiary/aromatic N) is 2. The number of hydrogen-bond donors (Lipinski definition) is 1. The first-order chi connectivity index (χ1) is 7.75. The topological polar surface area (TPSA) is 68.1 Å². The van der Waals surface area contributed by atoms with Gasteiger partial charge in [-0.3, -0.25) is 10.1 Å². The molecule has 0 unspecified atom stereocenters. The SMILES string of the molecule is O=[N+]([O-])c1ccc(CNCc2cscn2)s1. The van der Waals surface area contributed by atoms with Crippen LogP contribution in [0.2, 0.25) is 0 Å². The lowest BCUT2D eigenvalue weighted by Crippen LogP contribution is -2.11. The van der Waals surface area contributed by atoms with Gasteiger partial charge in [-0.15, -0.1) is 11.3 Å². The second-order valence-electron chi connectivity index (χ2n) is 3.08. The van der Waals surface area contributed by atoms with Crippen molar-refractivity contribution in [3.8, 4) is 0 Å². The second-order valence-corrected chi connectivity index (χ2v) is 4.95. The molecule has 2 rings (SSSR count). The van der Waals surface area contributed by atoms with Gasteiger partial charge in [-0.25, -0.2) is 4.98 Å². The van der Waals surface area contributed by atoms with E-state index in [0.717, 1.165) is 10.6 Å². The van der Waals surface area contributed by atoms with Crippen molar-refractivity contribution in [3.05, 3.63) is 43.7 Å². The summed E-state index contributed by atoms with van der Waals surface area (Å²) in [5, 5.41) is 15.8. The highest BCUT2D eigenvalue weighted by Gasteiger charge is 2.08. The Morgan fingerprint density at radius 2 is 2.31 bits per heavy atom. The summed E-state index contributed by atoms with van der Waals surface area (Å²) in [6.07, 6.45) is 0. The van der Waals surface area contributed by atoms with Crippen LogP contribution in [0.15, 0.2) is 23.0 Å². The zero-order valence-electron chi connectivity index (χ0n) is 8.25. The lowest BCUT2D eigenvalue weighted by molar-refractivity contribution is -0.380. The van der Waals surface area contributed by atoms with Gasteiger partial charge in [-0.2, -0.15) is 0 Å². The smallest absolute Gasteiger partial charge is 0.306 e. The fourth-order valence-electron chi connectivity index (χ4n) is 1.20. The summed E-state index contributed by atoms with van der Waals surface area (Å²) >= 11 is 2.75. The molecule has 2 heterocycles. The van der Waals surface area contributed by atoms with Crippen LogP contribution in [0, 0.1) is 10.1 Å². The fraction of sp³-hybridized carbons (Fsp3) is 0.222. The Bertz CT molecular complexity index is 467. The number of thiazole rings is 1. The zero-order valence-corrected chi connectivity index (χ0v) is 9.88. The normalized spacial score (nSPS) is 10.5. The van der Waals surface area contributed by atoms with Gasteiger partial charge < -0.3 is 5.32 Å². The standard InChI is InChI=1S/C9H9N3O2S2/c13-12(14)9-2-1-8(16-9)4-10-3-7-5-15-6-11-7/h1-2,5-6,10H,3-4H2. The Kier molecular flexibility index (Phi) is 3.60. The molecule has 0 bridgehead atoms. The van der Waals surface area contributed by atoms with E-state index in [1.165, 1.54) is 17.4 Å². The molecule has 0 spiro atoms. The summed E-state index contributed by atoms with van der Waals surface area (Å²) in [6, 6.07) is 3.31. The molecule has 0 aliphatic rings. The van der Waals surface area contributed by atoms with Crippen molar-refractivity contribution in [1.29, 1.82) is 0 Å². The van der Waals surface area contributed by atoms with Crippen LogP contribution in [0.4, 0.5) is 5.00 Å². The van der Waals surface area contributed by atoms with Gasteiger partial charge in [0.2, 0.25) is 0 Å². The fourth-order valence-corrected chi connectivity index (χ4v) is 2.55. The number of thiophene rings is 1. The lowest BCUT2D eigenvalue weighted by Gasteiger charge is -1.98. The highest BCUT2D eigenvalue weighted by atomic mass is 32.1. The molecule has 0 saturated carbocycles. The van der Waals surface area contributed by atoms with E-state index in [1.54, 1.807) is 22.9 Å². The minimum Gasteiger partial charge on any atom is -0.306 e. The van der Waals surface area contributed by atoms with Crippen molar-refractivity contribution in [2.24, 2.45) is 0 Å². The van der Waals surface area contributed by atoms with Gasteiger partial charge in [0.15, 0.2) is 0 Å². The molecule has 84 valence electrons. The summed E-state index contributed by atoms with van der Waals surface area (Å²) in [5.74, 6) is 0. The minimum atomic E-state index is -0.366. The van der Waals surface area contributed by atoms with Gasteiger partial charge in [0.1, 0.15) is 0 Å². The summed E-state index contributed by atoms with van der Waals surface area (Å²) < 4.78 is 0. The monoisotopic (exact) mass is 255 g/mol. The molecule has 0 fully saturated rings. The average molecular weight is 255 g/mol. The Hall–Kier alpha value is -1.31. The molecule has 16 heavy (non-hydrogen) atoms. The zero-order chi connectivity index (χ0) is 11.4. The van der Waals surface area contributed by atoms with E-state index >= 15 is 0 Å². The highest BCUT2D eigenvalue weighted by molar-refractivity contribution is 7.15. The van der Waals surface area contributed by atoms with Crippen LogP contribution in [-0.4, -0.2) is 9.91 Å². The Morgan fingerprint density at radius 1 is 1.44 bits per heavy atom. The number of nitro groups is 1. The third-order valence-corrected chi connectivity index (χ3v) is 3.59. The highest BCUT2D eigenvalue weighted by Crippen LogP contribution is 2.23. The molecule has 0 saturated heterocycles. The molecular formula is C9H9N3O2S2. The van der Waals surface area contributed by atoms with E-state index in [1.807, 2.05) is 5.38 Å². The van der Waals surface area contributed by atoms with Gasteiger partial charge in [0.25, 0.3) is 0 Å². The van der Waals surface area contributed by atoms with Crippen molar-refractivity contribution in [3.63, 3.8) is 0 Å². The number of aromatic nitrogens is 1. The van der Waals surface area contributed by atoms with Crippen LogP contribution < -0.4 is 5.32 Å². The number of hydrogen-bond acceptors (Lipinski definition) is 6. The predicted octanol–water partition coefficient (Wildman–Crippen LogP) is 2.40. The van der Waals surface area contributed by atoms with Crippen LogP contribution in [0.1, 0.15) is 10.6 Å². The first kappa shape index (κ1) is 11.2. The molecule has 0 aliphatic carbocycles. The van der Waals surface area contributed by atoms with E-state index in [4.69, 9.17) is 0 Å². The number of nitrogens with one attached hydrogen (secondary N) is 1. The summed E-state index contributed by atoms with van der Waals surface area (Å²) in [6.45, 7) is 1.32. The second kappa shape index (κ2) is 5.15. The summed E-state index contributed by atoms with van der Waals surface area (Å²) in [7, 11) is 0. The summed E-state index contributed by atoms with van der Waals surface area (Å²) in [5.41, 5.74) is 2.78. The van der Waals surface area contributed by atoms with Crippen LogP contribution in [0.5, 0.6) is 0 Å². The number of rotatable bonds is 5. The van der Waals surface area contributed by atoms with Crippen molar-refractivity contribution < 1.29 is 4.92 Å².